The molecule has 0 saturated carbocycles. The number of benzene rings is 2. The maximum atomic E-state index is 11.9. The molecule has 7 heteroatoms. The molecule has 0 bridgehead atoms. The average Bonchev–Trinajstić information content (AvgIpc) is 2.55. The van der Waals surface area contributed by atoms with E-state index < -0.39 is 23.3 Å². The van der Waals surface area contributed by atoms with Crippen molar-refractivity contribution in [3.05, 3.63) is 69.3 Å². The Kier molecular flexibility index (Phi) is 4.70. The number of Topliss-reactive ketones (excluding diaryl/α,β-unsaturated/α-hetero) is 1. The lowest BCUT2D eigenvalue weighted by Crippen LogP contribution is -2.14. The summed E-state index contributed by atoms with van der Waals surface area (Å²) >= 11 is 0. The summed E-state index contributed by atoms with van der Waals surface area (Å²) in [5.41, 5.74) is 0.544. The van der Waals surface area contributed by atoms with Gasteiger partial charge in [0.05, 0.1) is 4.92 Å². The van der Waals surface area contributed by atoms with Crippen molar-refractivity contribution in [2.75, 3.05) is 6.61 Å². The van der Waals surface area contributed by atoms with E-state index in [0.29, 0.717) is 5.56 Å². The van der Waals surface area contributed by atoms with Crippen LogP contribution in [0.1, 0.15) is 26.3 Å². The molecule has 23 heavy (non-hydrogen) atoms. The van der Waals surface area contributed by atoms with E-state index in [1.54, 1.807) is 19.1 Å². The van der Waals surface area contributed by atoms with Gasteiger partial charge in [0.2, 0.25) is 0 Å². The van der Waals surface area contributed by atoms with Crippen molar-refractivity contribution >= 4 is 17.4 Å². The highest BCUT2D eigenvalue weighted by Crippen LogP contribution is 2.22. The van der Waals surface area contributed by atoms with Gasteiger partial charge in [0.1, 0.15) is 11.3 Å². The number of nitro groups is 1. The first-order valence-corrected chi connectivity index (χ1v) is 6.63. The molecular formula is C16H13NO6. The van der Waals surface area contributed by atoms with Crippen LogP contribution < -0.4 is 0 Å². The van der Waals surface area contributed by atoms with Crippen LogP contribution in [0, 0.1) is 17.0 Å². The molecule has 0 aliphatic carbocycles. The summed E-state index contributed by atoms with van der Waals surface area (Å²) in [7, 11) is 0. The van der Waals surface area contributed by atoms with E-state index in [1.165, 1.54) is 30.3 Å². The molecule has 1 N–H and O–H groups in total. The molecule has 0 aromatic heterocycles. The third-order valence-electron chi connectivity index (χ3n) is 3.19. The molecule has 2 aromatic rings. The van der Waals surface area contributed by atoms with Gasteiger partial charge in [-0.2, -0.15) is 0 Å². The van der Waals surface area contributed by atoms with Gasteiger partial charge in [-0.3, -0.25) is 14.9 Å². The summed E-state index contributed by atoms with van der Waals surface area (Å²) in [6.45, 7) is 1.11. The standard InChI is InChI=1S/C16H13NO6/c1-10-3-2-4-13(15(10)19)16(20)23-9-14(18)11-5-7-12(8-6-11)17(21)22/h2-8,19H,9H2,1H3. The van der Waals surface area contributed by atoms with Crippen LogP contribution in [0.3, 0.4) is 0 Å². The Hall–Kier alpha value is -3.22. The SMILES string of the molecule is Cc1cccc(C(=O)OCC(=O)c2ccc([N+](=O)[O-])cc2)c1O. The maximum absolute atomic E-state index is 11.9. The number of phenolic OH excluding ortho intramolecular Hbond substituents is 1. The minimum Gasteiger partial charge on any atom is -0.507 e. The van der Waals surface area contributed by atoms with Gasteiger partial charge in [0, 0.05) is 17.7 Å². The Bertz CT molecular complexity index is 767. The first-order chi connectivity index (χ1) is 10.9. The molecule has 0 unspecified atom stereocenters. The van der Waals surface area contributed by atoms with E-state index >= 15 is 0 Å². The highest BCUT2D eigenvalue weighted by Gasteiger charge is 2.16. The summed E-state index contributed by atoms with van der Waals surface area (Å²) in [6.07, 6.45) is 0. The van der Waals surface area contributed by atoms with E-state index in [2.05, 4.69) is 0 Å². The van der Waals surface area contributed by atoms with Crippen LogP contribution in [-0.2, 0) is 4.74 Å². The minimum absolute atomic E-state index is 0.0264. The number of hydrogen-bond donors (Lipinski definition) is 1. The van der Waals surface area contributed by atoms with Crippen molar-refractivity contribution in [2.24, 2.45) is 0 Å². The molecule has 0 aliphatic heterocycles. The Morgan fingerprint density at radius 3 is 2.43 bits per heavy atom. The first-order valence-electron chi connectivity index (χ1n) is 6.63. The monoisotopic (exact) mass is 315 g/mol. The number of nitrogens with zero attached hydrogens (tertiary/aromatic N) is 1. The number of aryl methyl sites for hydroxylation is 1. The van der Waals surface area contributed by atoms with Crippen molar-refractivity contribution in [1.82, 2.24) is 0 Å². The molecule has 0 atom stereocenters. The number of ether oxygens (including phenoxy) is 1. The van der Waals surface area contributed by atoms with Gasteiger partial charge in [-0.25, -0.2) is 4.79 Å². The van der Waals surface area contributed by atoms with E-state index in [0.717, 1.165) is 0 Å². The molecule has 0 aliphatic rings. The molecular weight excluding hydrogens is 302 g/mol. The van der Waals surface area contributed by atoms with Crippen LogP contribution in [-0.4, -0.2) is 28.4 Å². The van der Waals surface area contributed by atoms with Gasteiger partial charge in [-0.05, 0) is 30.7 Å². The van der Waals surface area contributed by atoms with E-state index in [1.807, 2.05) is 0 Å². The number of rotatable bonds is 5. The first kappa shape index (κ1) is 16.2. The lowest BCUT2D eigenvalue weighted by molar-refractivity contribution is -0.384. The molecule has 0 fully saturated rings. The lowest BCUT2D eigenvalue weighted by atomic mass is 10.1. The third kappa shape index (κ3) is 3.70. The predicted octanol–water partition coefficient (Wildman–Crippen LogP) is 2.65. The maximum Gasteiger partial charge on any atom is 0.342 e. The summed E-state index contributed by atoms with van der Waals surface area (Å²) in [5, 5.41) is 20.3. The molecule has 118 valence electrons. The molecule has 0 heterocycles. The number of aromatic hydroxyl groups is 1. The van der Waals surface area contributed by atoms with Gasteiger partial charge in [0.15, 0.2) is 12.4 Å². The second-order valence-electron chi connectivity index (χ2n) is 4.77. The predicted molar refractivity (Wildman–Crippen MR) is 80.6 cm³/mol. The van der Waals surface area contributed by atoms with Gasteiger partial charge >= 0.3 is 5.97 Å². The zero-order valence-corrected chi connectivity index (χ0v) is 12.2. The Labute approximate surface area is 131 Å². The van der Waals surface area contributed by atoms with Crippen molar-refractivity contribution in [3.63, 3.8) is 0 Å². The van der Waals surface area contributed by atoms with Crippen molar-refractivity contribution in [1.29, 1.82) is 0 Å². The van der Waals surface area contributed by atoms with Crippen LogP contribution in [0.4, 0.5) is 5.69 Å². The number of para-hydroxylation sites is 1. The lowest BCUT2D eigenvalue weighted by Gasteiger charge is -2.07. The number of esters is 1. The van der Waals surface area contributed by atoms with Crippen LogP contribution in [0.5, 0.6) is 5.75 Å². The molecule has 0 spiro atoms. The highest BCUT2D eigenvalue weighted by molar-refractivity contribution is 6.00. The molecule has 0 saturated heterocycles. The smallest absolute Gasteiger partial charge is 0.342 e. The van der Waals surface area contributed by atoms with E-state index in [4.69, 9.17) is 4.74 Å². The van der Waals surface area contributed by atoms with Crippen molar-refractivity contribution in [2.45, 2.75) is 6.92 Å². The highest BCUT2D eigenvalue weighted by atomic mass is 16.6. The van der Waals surface area contributed by atoms with Crippen LogP contribution in [0.15, 0.2) is 42.5 Å². The number of hydrogen-bond acceptors (Lipinski definition) is 6. The summed E-state index contributed by atoms with van der Waals surface area (Å²) in [6, 6.07) is 9.58. The number of nitro benzene ring substituents is 1. The van der Waals surface area contributed by atoms with Crippen LogP contribution >= 0.6 is 0 Å². The molecule has 0 amide bonds. The number of ketones is 1. The normalized spacial score (nSPS) is 10.1. The Balaban J connectivity index is 2.02. The summed E-state index contributed by atoms with van der Waals surface area (Å²) in [4.78, 5) is 33.7. The van der Waals surface area contributed by atoms with Gasteiger partial charge in [0.25, 0.3) is 5.69 Å². The number of carbonyl (C=O) groups excluding carboxylic acids is 2. The van der Waals surface area contributed by atoms with Gasteiger partial charge < -0.3 is 9.84 Å². The third-order valence-corrected chi connectivity index (χ3v) is 3.19. The second-order valence-corrected chi connectivity index (χ2v) is 4.77. The number of carbonyl (C=O) groups is 2. The fourth-order valence-electron chi connectivity index (χ4n) is 1.88. The average molecular weight is 315 g/mol. The number of phenols is 1. The summed E-state index contributed by atoms with van der Waals surface area (Å²) in [5.74, 6) is -1.51. The Morgan fingerprint density at radius 1 is 1.17 bits per heavy atom. The van der Waals surface area contributed by atoms with Crippen molar-refractivity contribution < 1.29 is 24.4 Å². The summed E-state index contributed by atoms with van der Waals surface area (Å²) < 4.78 is 4.88. The molecule has 0 radical (unpaired) electrons. The quantitative estimate of drug-likeness (QED) is 0.393. The van der Waals surface area contributed by atoms with Crippen LogP contribution in [0.25, 0.3) is 0 Å². The van der Waals surface area contributed by atoms with Crippen LogP contribution in [0.2, 0.25) is 0 Å². The zero-order chi connectivity index (χ0) is 17.0. The fraction of sp³-hybridized carbons (Fsp3) is 0.125. The molecule has 2 aromatic carbocycles. The van der Waals surface area contributed by atoms with Gasteiger partial charge in [-0.1, -0.05) is 12.1 Å². The largest absolute Gasteiger partial charge is 0.507 e. The minimum atomic E-state index is -0.818. The molecule has 7 nitrogen and oxygen atoms in total. The molecule has 2 rings (SSSR count). The van der Waals surface area contributed by atoms with E-state index in [-0.39, 0.29) is 22.6 Å². The van der Waals surface area contributed by atoms with E-state index in [9.17, 15) is 24.8 Å². The fourth-order valence-corrected chi connectivity index (χ4v) is 1.88. The number of non-ortho nitro benzene ring substituents is 1. The van der Waals surface area contributed by atoms with Gasteiger partial charge in [-0.15, -0.1) is 0 Å². The topological polar surface area (TPSA) is 107 Å². The Morgan fingerprint density at radius 2 is 1.83 bits per heavy atom. The zero-order valence-electron chi connectivity index (χ0n) is 12.2. The van der Waals surface area contributed by atoms with Crippen molar-refractivity contribution in [3.8, 4) is 5.75 Å². The second kappa shape index (κ2) is 6.69.